The lowest BCUT2D eigenvalue weighted by molar-refractivity contribution is -0.384. The first-order valence-corrected chi connectivity index (χ1v) is 11.9. The summed E-state index contributed by atoms with van der Waals surface area (Å²) in [5, 5.41) is 25.6. The van der Waals surface area contributed by atoms with E-state index in [9.17, 15) is 34.4 Å². The number of hydrogen-bond donors (Lipinski definition) is 4. The molecule has 1 aliphatic heterocycles. The zero-order chi connectivity index (χ0) is 27.0. The number of amides is 2. The maximum absolute atomic E-state index is 12.9. The number of nitro groups is 1. The van der Waals surface area contributed by atoms with E-state index in [0.29, 0.717) is 58.6 Å². The zero-order valence-corrected chi connectivity index (χ0v) is 20.0. The molecular weight excluding hydrogens is 492 g/mol. The van der Waals surface area contributed by atoms with Gasteiger partial charge in [-0.15, -0.1) is 0 Å². The number of carboxylic acids is 1. The molecule has 0 radical (unpaired) electrons. The van der Waals surface area contributed by atoms with Crippen LogP contribution in [0.5, 0.6) is 0 Å². The lowest BCUT2D eigenvalue weighted by Gasteiger charge is -2.11. The van der Waals surface area contributed by atoms with E-state index in [-0.39, 0.29) is 35.8 Å². The number of rotatable bonds is 7. The van der Waals surface area contributed by atoms with Crippen LogP contribution >= 0.6 is 0 Å². The van der Waals surface area contributed by atoms with Crippen molar-refractivity contribution in [2.45, 2.75) is 32.1 Å². The topological polar surface area (TPSA) is 172 Å². The maximum atomic E-state index is 12.9. The summed E-state index contributed by atoms with van der Waals surface area (Å²) in [6.45, 7) is 0. The number of aromatic nitrogens is 1. The highest BCUT2D eigenvalue weighted by molar-refractivity contribution is 6.35. The van der Waals surface area contributed by atoms with Crippen LogP contribution in [0.25, 0.3) is 11.6 Å². The molecule has 1 aromatic heterocycles. The van der Waals surface area contributed by atoms with Crippen LogP contribution in [0.4, 0.5) is 17.1 Å². The van der Waals surface area contributed by atoms with E-state index in [1.165, 1.54) is 24.3 Å². The minimum atomic E-state index is -0.987. The van der Waals surface area contributed by atoms with E-state index < -0.39 is 16.8 Å². The molecule has 0 spiro atoms. The molecule has 2 heterocycles. The summed E-state index contributed by atoms with van der Waals surface area (Å²) < 4.78 is 0. The smallest absolute Gasteiger partial charge is 0.303 e. The number of fused-ring (bicyclic) bond motifs is 2. The Kier molecular flexibility index (Phi) is 6.33. The number of H-pyrrole nitrogens is 1. The minimum Gasteiger partial charge on any atom is -0.481 e. The predicted octanol–water partition coefficient (Wildman–Crippen LogP) is 4.20. The van der Waals surface area contributed by atoms with Crippen LogP contribution < -0.4 is 10.6 Å². The number of benzene rings is 2. The third kappa shape index (κ3) is 4.69. The molecule has 0 unspecified atom stereocenters. The number of nitro benzene ring substituents is 1. The number of carboxylic acid groups (broad SMARTS) is 1. The molecule has 3 aromatic rings. The molecular formula is C27H22N4O7. The van der Waals surface area contributed by atoms with Crippen molar-refractivity contribution in [1.82, 2.24) is 4.98 Å². The number of carbonyl (C=O) groups is 4. The second-order valence-corrected chi connectivity index (χ2v) is 9.07. The molecule has 2 aromatic carbocycles. The molecule has 0 atom stereocenters. The van der Waals surface area contributed by atoms with Crippen LogP contribution in [-0.4, -0.2) is 38.6 Å². The quantitative estimate of drug-likeness (QED) is 0.208. The van der Waals surface area contributed by atoms with Gasteiger partial charge in [-0.2, -0.15) is 0 Å². The van der Waals surface area contributed by atoms with Crippen LogP contribution in [0.2, 0.25) is 0 Å². The number of nitrogens with zero attached hydrogens (tertiary/aromatic N) is 1. The third-order valence-corrected chi connectivity index (χ3v) is 6.60. The molecule has 2 amide bonds. The fraction of sp³-hybridized carbons (Fsp3) is 0.185. The van der Waals surface area contributed by atoms with E-state index in [1.54, 1.807) is 24.3 Å². The van der Waals surface area contributed by atoms with Gasteiger partial charge in [0.25, 0.3) is 17.5 Å². The molecule has 192 valence electrons. The van der Waals surface area contributed by atoms with Crippen molar-refractivity contribution in [2.75, 3.05) is 10.6 Å². The lowest BCUT2D eigenvalue weighted by atomic mass is 9.91. The average Bonchev–Trinajstić information content (AvgIpc) is 3.40. The largest absolute Gasteiger partial charge is 0.481 e. The number of anilines is 2. The van der Waals surface area contributed by atoms with Gasteiger partial charge in [0.05, 0.1) is 10.5 Å². The van der Waals surface area contributed by atoms with Crippen molar-refractivity contribution in [3.05, 3.63) is 86.2 Å². The Morgan fingerprint density at radius 3 is 2.58 bits per heavy atom. The molecule has 38 heavy (non-hydrogen) atoms. The highest BCUT2D eigenvalue weighted by atomic mass is 16.6. The fourth-order valence-corrected chi connectivity index (χ4v) is 4.80. The number of non-ortho nitro benzene ring substituents is 1. The molecule has 5 rings (SSSR count). The Morgan fingerprint density at radius 2 is 1.87 bits per heavy atom. The van der Waals surface area contributed by atoms with Crippen molar-refractivity contribution in [1.29, 1.82) is 0 Å². The van der Waals surface area contributed by atoms with Gasteiger partial charge in [-0.25, -0.2) is 0 Å². The van der Waals surface area contributed by atoms with Gasteiger partial charge >= 0.3 is 5.97 Å². The van der Waals surface area contributed by atoms with Gasteiger partial charge < -0.3 is 20.7 Å². The highest BCUT2D eigenvalue weighted by Gasteiger charge is 2.29. The number of Topliss-reactive ketones (excluding diaryl/α,β-unsaturated/α-hetero) is 1. The summed E-state index contributed by atoms with van der Waals surface area (Å²) in [6, 6.07) is 10.1. The molecule has 4 N–H and O–H groups in total. The van der Waals surface area contributed by atoms with Crippen LogP contribution in [0.3, 0.4) is 0 Å². The van der Waals surface area contributed by atoms with Gasteiger partial charge in [0.15, 0.2) is 5.78 Å². The number of hydrogen-bond acceptors (Lipinski definition) is 6. The first-order chi connectivity index (χ1) is 18.2. The van der Waals surface area contributed by atoms with Gasteiger partial charge in [-0.1, -0.05) is 0 Å². The van der Waals surface area contributed by atoms with Crippen molar-refractivity contribution in [3.8, 4) is 0 Å². The number of aliphatic carboxylic acids is 1. The standard InChI is InChI=1S/C27H22N4O7/c32-23-3-1-2-21-25(23)17(9-11-24(33)34)22(29-21)13-19-18-12-15(6-10-20(18)30-27(19)36)28-26(35)14-4-7-16(8-5-14)31(37)38/h4-8,10,12-13,29H,1-3,9,11H2,(H,28,35)(H,30,36)(H,33,34). The lowest BCUT2D eigenvalue weighted by Crippen LogP contribution is -2.12. The van der Waals surface area contributed by atoms with Crippen LogP contribution in [-0.2, 0) is 22.4 Å². The second kappa shape index (κ2) is 9.77. The SMILES string of the molecule is O=C(O)CCc1c(C=C2C(=O)Nc3ccc(NC(=O)c4ccc([N+](=O)[O-])cc4)cc32)[nH]c2c1C(=O)CCC2. The van der Waals surface area contributed by atoms with Crippen molar-refractivity contribution in [3.63, 3.8) is 0 Å². The summed E-state index contributed by atoms with van der Waals surface area (Å²) in [6.07, 6.45) is 3.35. The summed E-state index contributed by atoms with van der Waals surface area (Å²) >= 11 is 0. The average molecular weight is 514 g/mol. The summed E-state index contributed by atoms with van der Waals surface area (Å²) in [4.78, 5) is 63.0. The third-order valence-electron chi connectivity index (χ3n) is 6.60. The van der Waals surface area contributed by atoms with Gasteiger partial charge in [0, 0.05) is 64.4 Å². The van der Waals surface area contributed by atoms with Gasteiger partial charge in [0.1, 0.15) is 0 Å². The van der Waals surface area contributed by atoms with Crippen molar-refractivity contribution < 1.29 is 29.2 Å². The molecule has 0 saturated heterocycles. The molecule has 11 heteroatoms. The first-order valence-electron chi connectivity index (χ1n) is 11.9. The molecule has 0 saturated carbocycles. The molecule has 2 aliphatic rings. The van der Waals surface area contributed by atoms with Gasteiger partial charge in [-0.05, 0) is 61.2 Å². The van der Waals surface area contributed by atoms with Crippen molar-refractivity contribution in [2.24, 2.45) is 0 Å². The maximum Gasteiger partial charge on any atom is 0.303 e. The van der Waals surface area contributed by atoms with E-state index in [4.69, 9.17) is 0 Å². The van der Waals surface area contributed by atoms with Gasteiger partial charge in [-0.3, -0.25) is 29.3 Å². The first kappa shape index (κ1) is 24.6. The summed E-state index contributed by atoms with van der Waals surface area (Å²) in [5.41, 5.74) is 4.24. The van der Waals surface area contributed by atoms with E-state index in [0.717, 1.165) is 5.69 Å². The van der Waals surface area contributed by atoms with Crippen LogP contribution in [0, 0.1) is 10.1 Å². The number of nitrogens with one attached hydrogen (secondary N) is 3. The van der Waals surface area contributed by atoms with Gasteiger partial charge in [0.2, 0.25) is 0 Å². The second-order valence-electron chi connectivity index (χ2n) is 9.07. The normalized spacial score (nSPS) is 15.1. The number of aromatic amines is 1. The number of carbonyl (C=O) groups excluding carboxylic acids is 3. The highest BCUT2D eigenvalue weighted by Crippen LogP contribution is 2.37. The van der Waals surface area contributed by atoms with Crippen LogP contribution in [0.1, 0.15) is 62.5 Å². The Balaban J connectivity index is 1.47. The zero-order valence-electron chi connectivity index (χ0n) is 20.0. The molecule has 0 bridgehead atoms. The monoisotopic (exact) mass is 514 g/mol. The summed E-state index contributed by atoms with van der Waals surface area (Å²) in [5.74, 6) is -1.88. The fourth-order valence-electron chi connectivity index (χ4n) is 4.80. The molecule has 1 aliphatic carbocycles. The predicted molar refractivity (Wildman–Crippen MR) is 138 cm³/mol. The Labute approximate surface area is 215 Å². The minimum absolute atomic E-state index is 0.0416. The Bertz CT molecular complexity index is 1550. The Morgan fingerprint density at radius 1 is 1.11 bits per heavy atom. The van der Waals surface area contributed by atoms with E-state index in [2.05, 4.69) is 15.6 Å². The van der Waals surface area contributed by atoms with Crippen LogP contribution in [0.15, 0.2) is 42.5 Å². The van der Waals surface area contributed by atoms with E-state index in [1.807, 2.05) is 0 Å². The van der Waals surface area contributed by atoms with E-state index >= 15 is 0 Å². The number of aryl methyl sites for hydroxylation is 1. The van der Waals surface area contributed by atoms with Crippen molar-refractivity contribution >= 4 is 52.3 Å². The molecule has 11 nitrogen and oxygen atoms in total. The number of ketones is 1. The summed E-state index contributed by atoms with van der Waals surface area (Å²) in [7, 11) is 0. The molecule has 0 fully saturated rings. The Hall–Kier alpha value is -5.06.